The number of aromatic nitrogens is 1. The number of benzene rings is 2. The second kappa shape index (κ2) is 10.2. The fraction of sp³-hybridized carbons (Fsp3) is 0.304. The number of carbonyl (C=O) groups excluding carboxylic acids is 1. The van der Waals surface area contributed by atoms with Gasteiger partial charge < -0.3 is 19.4 Å². The predicted octanol–water partition coefficient (Wildman–Crippen LogP) is 3.89. The maximum Gasteiger partial charge on any atom is 0.220 e. The molecule has 0 aliphatic heterocycles. The van der Waals surface area contributed by atoms with Crippen LogP contribution in [0.15, 0.2) is 54.7 Å². The highest BCUT2D eigenvalue weighted by Crippen LogP contribution is 2.27. The van der Waals surface area contributed by atoms with Crippen molar-refractivity contribution in [2.24, 2.45) is 0 Å². The van der Waals surface area contributed by atoms with E-state index in [0.717, 1.165) is 13.0 Å². The normalized spacial score (nSPS) is 10.5. The number of hydrogen-bond donors (Lipinski definition) is 1. The smallest absolute Gasteiger partial charge is 0.220 e. The molecule has 150 valence electrons. The van der Waals surface area contributed by atoms with Gasteiger partial charge in [0.25, 0.3) is 0 Å². The number of amides is 1. The molecule has 0 saturated heterocycles. The molecule has 1 N–H and O–H groups in total. The number of nitrogens with zero attached hydrogens (tertiary/aromatic N) is 2. The molecule has 0 aliphatic rings. The third kappa shape index (κ3) is 5.52. The number of carbonyl (C=O) groups is 1. The molecule has 0 unspecified atom stereocenters. The number of ether oxygens (including phenoxy) is 2. The lowest BCUT2D eigenvalue weighted by Gasteiger charge is -2.11. The fourth-order valence-corrected chi connectivity index (χ4v) is 3.17. The van der Waals surface area contributed by atoms with Crippen LogP contribution in [0, 0.1) is 11.3 Å². The Balaban J connectivity index is 1.33. The van der Waals surface area contributed by atoms with Gasteiger partial charge in [0.1, 0.15) is 0 Å². The SMILES string of the molecule is COc1cc(C#N)ccc1OCCCC(=O)NCCCn1ccc2ccccc21. The van der Waals surface area contributed by atoms with Crippen molar-refractivity contribution in [3.8, 4) is 17.6 Å². The summed E-state index contributed by atoms with van der Waals surface area (Å²) in [6, 6.07) is 17.5. The van der Waals surface area contributed by atoms with Gasteiger partial charge in [0.15, 0.2) is 11.5 Å². The molecule has 1 aromatic heterocycles. The van der Waals surface area contributed by atoms with E-state index in [2.05, 4.69) is 40.3 Å². The molecule has 0 bridgehead atoms. The van der Waals surface area contributed by atoms with E-state index in [4.69, 9.17) is 14.7 Å². The summed E-state index contributed by atoms with van der Waals surface area (Å²) in [5.41, 5.74) is 1.73. The van der Waals surface area contributed by atoms with Gasteiger partial charge in [0.2, 0.25) is 5.91 Å². The first-order valence-corrected chi connectivity index (χ1v) is 9.73. The maximum atomic E-state index is 12.0. The fourth-order valence-electron chi connectivity index (χ4n) is 3.17. The lowest BCUT2D eigenvalue weighted by molar-refractivity contribution is -0.121. The van der Waals surface area contributed by atoms with Crippen molar-refractivity contribution >= 4 is 16.8 Å². The first kappa shape index (κ1) is 20.3. The molecule has 0 saturated carbocycles. The third-order valence-corrected chi connectivity index (χ3v) is 4.68. The number of nitrogens with one attached hydrogen (secondary N) is 1. The van der Waals surface area contributed by atoms with Crippen LogP contribution in [0.25, 0.3) is 10.9 Å². The molecular formula is C23H25N3O3. The molecule has 0 fully saturated rings. The van der Waals surface area contributed by atoms with Crippen LogP contribution in [-0.2, 0) is 11.3 Å². The Morgan fingerprint density at radius 2 is 2.00 bits per heavy atom. The summed E-state index contributed by atoms with van der Waals surface area (Å²) < 4.78 is 13.1. The summed E-state index contributed by atoms with van der Waals surface area (Å²) in [5, 5.41) is 13.1. The minimum atomic E-state index is 0.0257. The van der Waals surface area contributed by atoms with Crippen molar-refractivity contribution < 1.29 is 14.3 Å². The second-order valence-corrected chi connectivity index (χ2v) is 6.70. The molecular weight excluding hydrogens is 366 g/mol. The molecule has 29 heavy (non-hydrogen) atoms. The van der Waals surface area contributed by atoms with E-state index >= 15 is 0 Å². The average Bonchev–Trinajstić information content (AvgIpc) is 3.17. The maximum absolute atomic E-state index is 12.0. The zero-order valence-corrected chi connectivity index (χ0v) is 16.6. The zero-order chi connectivity index (χ0) is 20.5. The first-order valence-electron chi connectivity index (χ1n) is 9.73. The van der Waals surface area contributed by atoms with Gasteiger partial charge in [-0.25, -0.2) is 0 Å². The van der Waals surface area contributed by atoms with Crippen molar-refractivity contribution in [1.29, 1.82) is 5.26 Å². The summed E-state index contributed by atoms with van der Waals surface area (Å²) in [6.07, 6.45) is 3.98. The Hall–Kier alpha value is -3.46. The van der Waals surface area contributed by atoms with Gasteiger partial charge >= 0.3 is 0 Å². The summed E-state index contributed by atoms with van der Waals surface area (Å²) in [7, 11) is 1.54. The van der Waals surface area contributed by atoms with E-state index in [9.17, 15) is 4.79 Å². The topological polar surface area (TPSA) is 76.3 Å². The summed E-state index contributed by atoms with van der Waals surface area (Å²) in [5.74, 6) is 1.12. The molecule has 0 aliphatic carbocycles. The standard InChI is InChI=1S/C23H25N3O3/c1-28-22-16-18(17-24)9-10-21(22)29-15-4-8-23(27)25-12-5-13-26-14-11-19-6-2-3-7-20(19)26/h2-3,6-7,9-11,14,16H,4-5,8,12-13,15H2,1H3,(H,25,27). The lowest BCUT2D eigenvalue weighted by atomic mass is 10.2. The van der Waals surface area contributed by atoms with Gasteiger partial charge in [-0.2, -0.15) is 5.26 Å². The van der Waals surface area contributed by atoms with Gasteiger partial charge in [-0.1, -0.05) is 18.2 Å². The molecule has 3 rings (SSSR count). The number of para-hydroxylation sites is 1. The molecule has 1 heterocycles. The van der Waals surface area contributed by atoms with E-state index in [1.165, 1.54) is 18.0 Å². The monoisotopic (exact) mass is 391 g/mol. The average molecular weight is 391 g/mol. The Kier molecular flexibility index (Phi) is 7.12. The molecule has 1 amide bonds. The van der Waals surface area contributed by atoms with Crippen LogP contribution in [0.3, 0.4) is 0 Å². The van der Waals surface area contributed by atoms with Gasteiger partial charge in [-0.3, -0.25) is 4.79 Å². The molecule has 6 nitrogen and oxygen atoms in total. The minimum Gasteiger partial charge on any atom is -0.493 e. The minimum absolute atomic E-state index is 0.0257. The van der Waals surface area contributed by atoms with Crippen LogP contribution in [0.2, 0.25) is 0 Å². The van der Waals surface area contributed by atoms with E-state index in [1.54, 1.807) is 18.2 Å². The van der Waals surface area contributed by atoms with Crippen LogP contribution >= 0.6 is 0 Å². The number of nitriles is 1. The summed E-state index contributed by atoms with van der Waals surface area (Å²) in [4.78, 5) is 12.0. The van der Waals surface area contributed by atoms with Crippen molar-refractivity contribution in [3.05, 3.63) is 60.3 Å². The van der Waals surface area contributed by atoms with Crippen molar-refractivity contribution in [3.63, 3.8) is 0 Å². The Morgan fingerprint density at radius 1 is 1.14 bits per heavy atom. The van der Waals surface area contributed by atoms with Crippen LogP contribution in [-0.4, -0.2) is 30.7 Å². The van der Waals surface area contributed by atoms with Crippen LogP contribution in [0.5, 0.6) is 11.5 Å². The second-order valence-electron chi connectivity index (χ2n) is 6.70. The highest BCUT2D eigenvalue weighted by Gasteiger charge is 2.07. The Labute approximate surface area is 170 Å². The number of aryl methyl sites for hydroxylation is 1. The quantitative estimate of drug-likeness (QED) is 0.532. The van der Waals surface area contributed by atoms with Crippen molar-refractivity contribution in [2.75, 3.05) is 20.3 Å². The molecule has 0 atom stereocenters. The number of fused-ring (bicyclic) bond motifs is 1. The van der Waals surface area contributed by atoms with Crippen molar-refractivity contribution in [2.45, 2.75) is 25.8 Å². The summed E-state index contributed by atoms with van der Waals surface area (Å²) in [6.45, 7) is 1.93. The van der Waals surface area contributed by atoms with E-state index < -0.39 is 0 Å². The Bertz CT molecular complexity index is 1000. The molecule has 0 radical (unpaired) electrons. The zero-order valence-electron chi connectivity index (χ0n) is 16.6. The van der Waals surface area contributed by atoms with E-state index in [-0.39, 0.29) is 5.91 Å². The van der Waals surface area contributed by atoms with Crippen LogP contribution in [0.1, 0.15) is 24.8 Å². The largest absolute Gasteiger partial charge is 0.493 e. The van der Waals surface area contributed by atoms with E-state index in [1.807, 2.05) is 12.1 Å². The first-order chi connectivity index (χ1) is 14.2. The van der Waals surface area contributed by atoms with Gasteiger partial charge in [0.05, 0.1) is 25.3 Å². The van der Waals surface area contributed by atoms with Gasteiger partial charge in [0, 0.05) is 37.3 Å². The predicted molar refractivity (Wildman–Crippen MR) is 112 cm³/mol. The number of hydrogen-bond acceptors (Lipinski definition) is 4. The Morgan fingerprint density at radius 3 is 2.83 bits per heavy atom. The number of methoxy groups -OCH3 is 1. The summed E-state index contributed by atoms with van der Waals surface area (Å²) >= 11 is 0. The molecule has 2 aromatic carbocycles. The highest BCUT2D eigenvalue weighted by atomic mass is 16.5. The van der Waals surface area contributed by atoms with Crippen LogP contribution < -0.4 is 14.8 Å². The van der Waals surface area contributed by atoms with Gasteiger partial charge in [-0.15, -0.1) is 0 Å². The lowest BCUT2D eigenvalue weighted by Crippen LogP contribution is -2.25. The van der Waals surface area contributed by atoms with Crippen molar-refractivity contribution in [1.82, 2.24) is 9.88 Å². The van der Waals surface area contributed by atoms with E-state index in [0.29, 0.717) is 43.1 Å². The highest BCUT2D eigenvalue weighted by molar-refractivity contribution is 5.79. The number of rotatable bonds is 10. The molecule has 3 aromatic rings. The van der Waals surface area contributed by atoms with Crippen LogP contribution in [0.4, 0.5) is 0 Å². The third-order valence-electron chi connectivity index (χ3n) is 4.68. The van der Waals surface area contributed by atoms with Gasteiger partial charge in [-0.05, 0) is 42.5 Å². The molecule has 0 spiro atoms. The molecule has 6 heteroatoms.